The third-order valence-electron chi connectivity index (χ3n) is 3.93. The van der Waals surface area contributed by atoms with Gasteiger partial charge < -0.3 is 10.4 Å². The fourth-order valence-electron chi connectivity index (χ4n) is 3.03. The predicted octanol–water partition coefficient (Wildman–Crippen LogP) is 2.19. The second-order valence-corrected chi connectivity index (χ2v) is 6.13. The van der Waals surface area contributed by atoms with Crippen LogP contribution in [0.2, 0.25) is 0 Å². The van der Waals surface area contributed by atoms with Gasteiger partial charge in [0.15, 0.2) is 5.16 Å². The van der Waals surface area contributed by atoms with Crippen LogP contribution in [0.3, 0.4) is 0 Å². The number of likely N-dealkylation sites (N-methyl/N-ethyl adjacent to an activating group) is 1. The topological polar surface area (TPSA) is 75.1 Å². The predicted molar refractivity (Wildman–Crippen MR) is 78.8 cm³/mol. The Hall–Kier alpha value is -1.14. The highest BCUT2D eigenvalue weighted by Gasteiger charge is 2.48. The molecule has 2 atom stereocenters. The quantitative estimate of drug-likeness (QED) is 0.593. The lowest BCUT2D eigenvalue weighted by atomic mass is 9.85. The molecule has 6 heteroatoms. The molecule has 0 bridgehead atoms. The molecule has 110 valence electrons. The van der Waals surface area contributed by atoms with Gasteiger partial charge in [-0.25, -0.2) is 9.97 Å². The van der Waals surface area contributed by atoms with Crippen LogP contribution in [-0.4, -0.2) is 38.9 Å². The molecule has 0 saturated heterocycles. The molecule has 2 unspecified atom stereocenters. The van der Waals surface area contributed by atoms with E-state index in [1.807, 2.05) is 6.92 Å². The van der Waals surface area contributed by atoms with E-state index in [9.17, 15) is 9.90 Å². The van der Waals surface area contributed by atoms with Crippen molar-refractivity contribution < 1.29 is 9.90 Å². The van der Waals surface area contributed by atoms with Gasteiger partial charge in [0, 0.05) is 18.1 Å². The van der Waals surface area contributed by atoms with Crippen molar-refractivity contribution >= 4 is 17.7 Å². The molecule has 1 aromatic rings. The molecule has 0 aliphatic heterocycles. The summed E-state index contributed by atoms with van der Waals surface area (Å²) in [5.74, 6) is 0.341. The lowest BCUT2D eigenvalue weighted by Crippen LogP contribution is -2.54. The van der Waals surface area contributed by atoms with E-state index in [1.54, 1.807) is 30.2 Å². The van der Waals surface area contributed by atoms with E-state index in [0.717, 1.165) is 36.6 Å². The number of nitrogens with one attached hydrogen (secondary N) is 1. The highest BCUT2D eigenvalue weighted by molar-refractivity contribution is 7.99. The van der Waals surface area contributed by atoms with Gasteiger partial charge >= 0.3 is 5.97 Å². The number of aliphatic carboxylic acids is 1. The lowest BCUT2D eigenvalue weighted by molar-refractivity contribution is -0.146. The normalized spacial score (nSPS) is 25.8. The Morgan fingerprint density at radius 1 is 1.55 bits per heavy atom. The molecular formula is C14H21N3O2S. The molecule has 1 aliphatic rings. The molecule has 1 aliphatic carbocycles. The van der Waals surface area contributed by atoms with E-state index in [0.29, 0.717) is 6.54 Å². The Labute approximate surface area is 123 Å². The summed E-state index contributed by atoms with van der Waals surface area (Å²) in [6.07, 6.45) is 7.03. The lowest BCUT2D eigenvalue weighted by Gasteiger charge is -2.32. The van der Waals surface area contributed by atoms with Gasteiger partial charge in [-0.3, -0.25) is 4.79 Å². The van der Waals surface area contributed by atoms with Crippen LogP contribution in [0.1, 0.15) is 32.6 Å². The first-order valence-corrected chi connectivity index (χ1v) is 8.06. The van der Waals surface area contributed by atoms with Gasteiger partial charge in [-0.05, 0) is 37.8 Å². The fourth-order valence-corrected chi connectivity index (χ4v) is 3.88. The minimum Gasteiger partial charge on any atom is -0.480 e. The minimum atomic E-state index is -0.729. The summed E-state index contributed by atoms with van der Waals surface area (Å²) in [6.45, 7) is 2.66. The molecule has 0 spiro atoms. The van der Waals surface area contributed by atoms with Gasteiger partial charge in [-0.1, -0.05) is 25.1 Å². The first-order valence-electron chi connectivity index (χ1n) is 7.07. The Bertz CT molecular complexity index is 443. The zero-order chi connectivity index (χ0) is 14.4. The first kappa shape index (κ1) is 15.3. The fraction of sp³-hybridized carbons (Fsp3) is 0.643. The van der Waals surface area contributed by atoms with Gasteiger partial charge in [-0.15, -0.1) is 0 Å². The van der Waals surface area contributed by atoms with Gasteiger partial charge in [0.25, 0.3) is 0 Å². The summed E-state index contributed by atoms with van der Waals surface area (Å²) in [5.41, 5.74) is -0.729. The Kier molecular flexibility index (Phi) is 5.37. The zero-order valence-corrected chi connectivity index (χ0v) is 12.5. The number of hydrogen-bond donors (Lipinski definition) is 2. The number of carbonyl (C=O) groups is 1. The van der Waals surface area contributed by atoms with Crippen LogP contribution in [0.5, 0.6) is 0 Å². The van der Waals surface area contributed by atoms with Crippen LogP contribution in [-0.2, 0) is 4.79 Å². The van der Waals surface area contributed by atoms with Gasteiger partial charge in [0.1, 0.15) is 5.54 Å². The van der Waals surface area contributed by atoms with Crippen molar-refractivity contribution in [3.63, 3.8) is 0 Å². The minimum absolute atomic E-state index is 0.191. The van der Waals surface area contributed by atoms with Crippen LogP contribution in [0.15, 0.2) is 23.6 Å². The molecule has 0 amide bonds. The molecule has 0 aromatic carbocycles. The highest BCUT2D eigenvalue weighted by Crippen LogP contribution is 2.39. The summed E-state index contributed by atoms with van der Waals surface area (Å²) in [5, 5.41) is 13.6. The van der Waals surface area contributed by atoms with Crippen molar-refractivity contribution in [1.82, 2.24) is 15.3 Å². The summed E-state index contributed by atoms with van der Waals surface area (Å²) >= 11 is 1.59. The Morgan fingerprint density at radius 3 is 2.95 bits per heavy atom. The molecule has 1 heterocycles. The van der Waals surface area contributed by atoms with Crippen molar-refractivity contribution in [2.75, 3.05) is 12.3 Å². The van der Waals surface area contributed by atoms with Crippen LogP contribution in [0.25, 0.3) is 0 Å². The number of thioether (sulfide) groups is 1. The van der Waals surface area contributed by atoms with Gasteiger partial charge in [-0.2, -0.15) is 0 Å². The summed E-state index contributed by atoms with van der Waals surface area (Å²) in [7, 11) is 0. The molecule has 1 fully saturated rings. The molecule has 1 saturated carbocycles. The van der Waals surface area contributed by atoms with Crippen LogP contribution in [0, 0.1) is 5.92 Å². The molecule has 20 heavy (non-hydrogen) atoms. The van der Waals surface area contributed by atoms with Crippen LogP contribution >= 0.6 is 11.8 Å². The maximum absolute atomic E-state index is 11.7. The van der Waals surface area contributed by atoms with E-state index in [4.69, 9.17) is 0 Å². The van der Waals surface area contributed by atoms with Crippen molar-refractivity contribution in [3.8, 4) is 0 Å². The van der Waals surface area contributed by atoms with Crippen molar-refractivity contribution in [2.24, 2.45) is 5.92 Å². The molecule has 2 rings (SSSR count). The molecule has 5 nitrogen and oxygen atoms in total. The Morgan fingerprint density at radius 2 is 2.30 bits per heavy atom. The number of carboxylic acid groups (broad SMARTS) is 1. The second-order valence-electron chi connectivity index (χ2n) is 5.06. The SMILES string of the molecule is CCNC1(C(=O)O)CCCC1CCSc1ncccn1. The maximum Gasteiger partial charge on any atom is 0.324 e. The largest absolute Gasteiger partial charge is 0.480 e. The van der Waals surface area contributed by atoms with Crippen LogP contribution < -0.4 is 5.32 Å². The second kappa shape index (κ2) is 7.04. The standard InChI is InChI=1S/C14H21N3O2S/c1-2-17-14(12(18)19)7-3-5-11(14)6-10-20-13-15-8-4-9-16-13/h4,8-9,11,17H,2-3,5-7,10H2,1H3,(H,18,19). The van der Waals surface area contributed by atoms with Gasteiger partial charge in [0.2, 0.25) is 0 Å². The highest BCUT2D eigenvalue weighted by atomic mass is 32.2. The number of hydrogen-bond acceptors (Lipinski definition) is 5. The molecular weight excluding hydrogens is 274 g/mol. The van der Waals surface area contributed by atoms with E-state index >= 15 is 0 Å². The third kappa shape index (κ3) is 3.30. The number of nitrogens with zero attached hydrogens (tertiary/aromatic N) is 2. The average Bonchev–Trinajstić information content (AvgIpc) is 2.85. The van der Waals surface area contributed by atoms with E-state index in [-0.39, 0.29) is 5.92 Å². The van der Waals surface area contributed by atoms with E-state index < -0.39 is 11.5 Å². The summed E-state index contributed by atoms with van der Waals surface area (Å²) in [6, 6.07) is 1.79. The third-order valence-corrected chi connectivity index (χ3v) is 4.84. The smallest absolute Gasteiger partial charge is 0.324 e. The van der Waals surface area contributed by atoms with Crippen molar-refractivity contribution in [3.05, 3.63) is 18.5 Å². The number of carboxylic acids is 1. The van der Waals surface area contributed by atoms with Gasteiger partial charge in [0.05, 0.1) is 0 Å². The van der Waals surface area contributed by atoms with E-state index in [1.165, 1.54) is 0 Å². The van der Waals surface area contributed by atoms with Crippen molar-refractivity contribution in [2.45, 2.75) is 43.3 Å². The molecule has 1 aromatic heterocycles. The first-order chi connectivity index (χ1) is 9.69. The Balaban J connectivity index is 1.92. The van der Waals surface area contributed by atoms with Crippen LogP contribution in [0.4, 0.5) is 0 Å². The maximum atomic E-state index is 11.7. The average molecular weight is 295 g/mol. The number of rotatable bonds is 7. The summed E-state index contributed by atoms with van der Waals surface area (Å²) in [4.78, 5) is 20.0. The molecule has 0 radical (unpaired) electrons. The molecule has 2 N–H and O–H groups in total. The number of aromatic nitrogens is 2. The van der Waals surface area contributed by atoms with Crippen molar-refractivity contribution in [1.29, 1.82) is 0 Å². The van der Waals surface area contributed by atoms with E-state index in [2.05, 4.69) is 15.3 Å². The zero-order valence-electron chi connectivity index (χ0n) is 11.7. The summed E-state index contributed by atoms with van der Waals surface area (Å²) < 4.78 is 0. The monoisotopic (exact) mass is 295 g/mol.